The van der Waals surface area contributed by atoms with Gasteiger partial charge in [-0.3, -0.25) is 4.79 Å². The van der Waals surface area contributed by atoms with Gasteiger partial charge in [-0.2, -0.15) is 0 Å². The fraction of sp³-hybridized carbons (Fsp3) is 0.600. The van der Waals surface area contributed by atoms with Crippen molar-refractivity contribution < 1.29 is 24.9 Å². The zero-order valence-corrected chi connectivity index (χ0v) is 8.91. The van der Waals surface area contributed by atoms with Gasteiger partial charge in [-0.1, -0.05) is 6.92 Å². The van der Waals surface area contributed by atoms with Crippen LogP contribution in [0.5, 0.6) is 0 Å². The minimum atomic E-state index is -1.12. The molecular weight excluding hydrogens is 214 g/mol. The molecule has 3 unspecified atom stereocenters. The molecule has 0 amide bonds. The number of hydrogen-bond donors (Lipinski definition) is 3. The second-order valence-electron chi connectivity index (χ2n) is 3.82. The monoisotopic (exact) mass is 229 g/mol. The molecule has 0 bridgehead atoms. The number of aliphatic hydroxyl groups is 2. The highest BCUT2D eigenvalue weighted by molar-refractivity contribution is 5.96. The minimum absolute atomic E-state index is 0.0123. The number of carboxylic acid groups (broad SMARTS) is 1. The van der Waals surface area contributed by atoms with Gasteiger partial charge >= 0.3 is 5.97 Å². The zero-order chi connectivity index (χ0) is 12.3. The molecule has 1 rings (SSSR count). The van der Waals surface area contributed by atoms with Gasteiger partial charge < -0.3 is 20.2 Å². The zero-order valence-electron chi connectivity index (χ0n) is 8.91. The number of rotatable bonds is 4. The van der Waals surface area contributed by atoms with E-state index in [1.54, 1.807) is 0 Å². The summed E-state index contributed by atoms with van der Waals surface area (Å²) < 4.78 is 0. The standard InChI is InChI=1S/C10H15NO5/c1-6-8(14)2-3-11(4-7(13)5-12)9(6)10(15)16/h2-3,6-7,9,12-13H,4-5H2,1H3,(H,15,16). The van der Waals surface area contributed by atoms with Crippen molar-refractivity contribution >= 4 is 11.8 Å². The lowest BCUT2D eigenvalue weighted by Gasteiger charge is -2.34. The van der Waals surface area contributed by atoms with Crippen LogP contribution in [0.2, 0.25) is 0 Å². The Kier molecular flexibility index (Phi) is 4.03. The van der Waals surface area contributed by atoms with Crippen molar-refractivity contribution in [2.45, 2.75) is 19.1 Å². The quantitative estimate of drug-likeness (QED) is 0.561. The topological polar surface area (TPSA) is 98.1 Å². The largest absolute Gasteiger partial charge is 0.480 e. The van der Waals surface area contributed by atoms with Gasteiger partial charge in [-0.15, -0.1) is 0 Å². The SMILES string of the molecule is CC1C(=O)C=CN(CC(O)CO)C1C(=O)O. The maximum atomic E-state index is 11.3. The van der Waals surface area contributed by atoms with Crippen LogP contribution in [0.3, 0.4) is 0 Å². The van der Waals surface area contributed by atoms with Crippen LogP contribution in [0, 0.1) is 5.92 Å². The molecule has 0 aromatic carbocycles. The normalized spacial score (nSPS) is 26.9. The first kappa shape index (κ1) is 12.7. The lowest BCUT2D eigenvalue weighted by molar-refractivity contribution is -0.147. The van der Waals surface area contributed by atoms with Gasteiger partial charge in [0.2, 0.25) is 0 Å². The van der Waals surface area contributed by atoms with E-state index in [1.165, 1.54) is 24.1 Å². The molecule has 3 N–H and O–H groups in total. The molecule has 16 heavy (non-hydrogen) atoms. The molecule has 0 saturated heterocycles. The summed E-state index contributed by atoms with van der Waals surface area (Å²) in [6.45, 7) is 1.07. The third kappa shape index (κ3) is 2.59. The van der Waals surface area contributed by atoms with E-state index in [-0.39, 0.29) is 12.3 Å². The number of β-amino-alcohol motifs (C(OH)–C–C–N with tert-alkyl or cyclic N) is 1. The van der Waals surface area contributed by atoms with Crippen molar-refractivity contribution in [1.29, 1.82) is 0 Å². The van der Waals surface area contributed by atoms with E-state index in [0.29, 0.717) is 0 Å². The molecule has 90 valence electrons. The van der Waals surface area contributed by atoms with Crippen molar-refractivity contribution in [3.05, 3.63) is 12.3 Å². The number of aliphatic carboxylic acids is 1. The second-order valence-corrected chi connectivity index (χ2v) is 3.82. The van der Waals surface area contributed by atoms with Crippen LogP contribution in [0.25, 0.3) is 0 Å². The Bertz CT molecular complexity index is 314. The Morgan fingerprint density at radius 2 is 2.25 bits per heavy atom. The van der Waals surface area contributed by atoms with Gasteiger partial charge in [0.15, 0.2) is 5.78 Å². The van der Waals surface area contributed by atoms with E-state index in [4.69, 9.17) is 10.2 Å². The predicted octanol–water partition coefficient (Wildman–Crippen LogP) is -1.17. The molecular formula is C10H15NO5. The first-order valence-corrected chi connectivity index (χ1v) is 4.97. The predicted molar refractivity (Wildman–Crippen MR) is 54.5 cm³/mol. The van der Waals surface area contributed by atoms with E-state index in [1.807, 2.05) is 0 Å². The molecule has 0 aromatic heterocycles. The van der Waals surface area contributed by atoms with Crippen molar-refractivity contribution in [3.8, 4) is 0 Å². The highest BCUT2D eigenvalue weighted by Crippen LogP contribution is 2.19. The van der Waals surface area contributed by atoms with E-state index in [9.17, 15) is 14.7 Å². The Morgan fingerprint density at radius 3 is 2.75 bits per heavy atom. The summed E-state index contributed by atoms with van der Waals surface area (Å²) in [5, 5.41) is 27.0. The molecule has 0 fully saturated rings. The minimum Gasteiger partial charge on any atom is -0.480 e. The lowest BCUT2D eigenvalue weighted by Crippen LogP contribution is -2.50. The van der Waals surface area contributed by atoms with E-state index in [0.717, 1.165) is 0 Å². The highest BCUT2D eigenvalue weighted by Gasteiger charge is 2.36. The van der Waals surface area contributed by atoms with E-state index < -0.39 is 30.6 Å². The number of ketones is 1. The number of nitrogens with zero attached hydrogens (tertiary/aromatic N) is 1. The Labute approximate surface area is 92.8 Å². The third-order valence-electron chi connectivity index (χ3n) is 2.60. The fourth-order valence-corrected chi connectivity index (χ4v) is 1.69. The van der Waals surface area contributed by atoms with Gasteiger partial charge in [-0.05, 0) is 6.08 Å². The number of carbonyl (C=O) groups excluding carboxylic acids is 1. The van der Waals surface area contributed by atoms with Crippen molar-refractivity contribution in [2.75, 3.05) is 13.2 Å². The first-order chi connectivity index (χ1) is 7.47. The van der Waals surface area contributed by atoms with Crippen LogP contribution < -0.4 is 0 Å². The maximum absolute atomic E-state index is 11.3. The summed E-state index contributed by atoms with van der Waals surface area (Å²) in [6, 6.07) is -0.987. The summed E-state index contributed by atoms with van der Waals surface area (Å²) in [5.41, 5.74) is 0. The molecule has 1 heterocycles. The molecule has 0 aromatic rings. The summed E-state index contributed by atoms with van der Waals surface area (Å²) in [4.78, 5) is 23.7. The van der Waals surface area contributed by atoms with Gasteiger partial charge in [0.05, 0.1) is 18.6 Å². The van der Waals surface area contributed by atoms with Gasteiger partial charge in [0, 0.05) is 12.7 Å². The average Bonchev–Trinajstić information content (AvgIpc) is 2.23. The van der Waals surface area contributed by atoms with Crippen LogP contribution in [0.4, 0.5) is 0 Å². The van der Waals surface area contributed by atoms with Crippen LogP contribution in [0.15, 0.2) is 12.3 Å². The van der Waals surface area contributed by atoms with Crippen molar-refractivity contribution in [2.24, 2.45) is 5.92 Å². The van der Waals surface area contributed by atoms with Gasteiger partial charge in [0.1, 0.15) is 6.04 Å². The van der Waals surface area contributed by atoms with Crippen LogP contribution >= 0.6 is 0 Å². The van der Waals surface area contributed by atoms with Crippen molar-refractivity contribution in [1.82, 2.24) is 4.90 Å². The Balaban J connectivity index is 2.84. The average molecular weight is 229 g/mol. The number of allylic oxidation sites excluding steroid dienone is 1. The molecule has 0 spiro atoms. The van der Waals surface area contributed by atoms with Gasteiger partial charge in [-0.25, -0.2) is 4.79 Å². The number of hydrogen-bond acceptors (Lipinski definition) is 5. The Hall–Kier alpha value is -1.40. The fourth-order valence-electron chi connectivity index (χ4n) is 1.69. The third-order valence-corrected chi connectivity index (χ3v) is 2.60. The summed E-state index contributed by atoms with van der Waals surface area (Å²) in [5.74, 6) is -2.02. The smallest absolute Gasteiger partial charge is 0.327 e. The molecule has 0 saturated carbocycles. The Morgan fingerprint density at radius 1 is 1.62 bits per heavy atom. The molecule has 0 aliphatic carbocycles. The molecule has 6 nitrogen and oxygen atoms in total. The number of carboxylic acids is 1. The van der Waals surface area contributed by atoms with Crippen LogP contribution in [-0.2, 0) is 9.59 Å². The van der Waals surface area contributed by atoms with Gasteiger partial charge in [0.25, 0.3) is 0 Å². The van der Waals surface area contributed by atoms with E-state index >= 15 is 0 Å². The van der Waals surface area contributed by atoms with Crippen LogP contribution in [-0.4, -0.2) is 57.3 Å². The summed E-state index contributed by atoms with van der Waals surface area (Å²) in [6.07, 6.45) is 1.61. The molecule has 1 aliphatic heterocycles. The molecule has 3 atom stereocenters. The van der Waals surface area contributed by atoms with Crippen molar-refractivity contribution in [3.63, 3.8) is 0 Å². The number of aliphatic hydroxyl groups excluding tert-OH is 2. The lowest BCUT2D eigenvalue weighted by atomic mass is 9.92. The second kappa shape index (κ2) is 5.09. The maximum Gasteiger partial charge on any atom is 0.327 e. The first-order valence-electron chi connectivity index (χ1n) is 4.97. The van der Waals surface area contributed by atoms with E-state index in [2.05, 4.69) is 0 Å². The summed E-state index contributed by atoms with van der Waals surface area (Å²) >= 11 is 0. The molecule has 0 radical (unpaired) electrons. The molecule has 1 aliphatic rings. The molecule has 6 heteroatoms. The number of carbonyl (C=O) groups is 2. The van der Waals surface area contributed by atoms with Crippen LogP contribution in [0.1, 0.15) is 6.92 Å². The highest BCUT2D eigenvalue weighted by atomic mass is 16.4. The summed E-state index contributed by atoms with van der Waals surface area (Å²) in [7, 11) is 0.